The van der Waals surface area contributed by atoms with Gasteiger partial charge in [-0.15, -0.1) is 0 Å². The van der Waals surface area contributed by atoms with Crippen molar-refractivity contribution in [3.05, 3.63) is 66.1 Å². The molecular formula is C20H15FN6O. The van der Waals surface area contributed by atoms with Gasteiger partial charge >= 0.3 is 0 Å². The van der Waals surface area contributed by atoms with E-state index in [4.69, 9.17) is 15.3 Å². The lowest BCUT2D eigenvalue weighted by atomic mass is 10.1. The van der Waals surface area contributed by atoms with E-state index < -0.39 is 5.82 Å². The second-order valence-corrected chi connectivity index (χ2v) is 5.64. The van der Waals surface area contributed by atoms with Gasteiger partial charge in [0.05, 0.1) is 18.7 Å². The number of aromatic nitrogens is 2. The molecule has 1 aromatic heterocycles. The number of rotatable bonds is 7. The first-order chi connectivity index (χ1) is 13.7. The van der Waals surface area contributed by atoms with E-state index in [0.717, 1.165) is 17.4 Å². The van der Waals surface area contributed by atoms with Crippen molar-refractivity contribution in [2.45, 2.75) is 6.42 Å². The summed E-state index contributed by atoms with van der Waals surface area (Å²) in [6, 6.07) is 17.9. The quantitative estimate of drug-likeness (QED) is 0.642. The molecule has 3 rings (SSSR count). The molecule has 138 valence electrons. The molecule has 0 aliphatic rings. The first-order valence-corrected chi connectivity index (χ1v) is 8.30. The minimum atomic E-state index is -0.597. The van der Waals surface area contributed by atoms with E-state index in [1.54, 1.807) is 36.4 Å². The Balaban J connectivity index is 1.71. The lowest BCUT2D eigenvalue weighted by molar-refractivity contribution is 0.368. The monoisotopic (exact) mass is 374 g/mol. The highest BCUT2D eigenvalue weighted by molar-refractivity contribution is 5.60. The van der Waals surface area contributed by atoms with Gasteiger partial charge in [-0.05, 0) is 42.0 Å². The van der Waals surface area contributed by atoms with Crippen molar-refractivity contribution < 1.29 is 9.13 Å². The van der Waals surface area contributed by atoms with Gasteiger partial charge in [0.1, 0.15) is 11.8 Å². The summed E-state index contributed by atoms with van der Waals surface area (Å²) in [5, 5.41) is 23.1. The Hall–Kier alpha value is -4.17. The smallest absolute Gasteiger partial charge is 0.229 e. The zero-order valence-corrected chi connectivity index (χ0v) is 14.7. The Labute approximate surface area is 161 Å². The molecule has 0 spiro atoms. The molecule has 0 saturated carbocycles. The number of nitrogens with zero attached hydrogens (tertiary/aromatic N) is 4. The highest BCUT2D eigenvalue weighted by Gasteiger charge is 2.08. The summed E-state index contributed by atoms with van der Waals surface area (Å²) in [7, 11) is 0. The Kier molecular flexibility index (Phi) is 5.96. The van der Waals surface area contributed by atoms with Crippen LogP contribution in [-0.2, 0) is 6.42 Å². The van der Waals surface area contributed by atoms with Gasteiger partial charge in [-0.1, -0.05) is 12.1 Å². The van der Waals surface area contributed by atoms with Gasteiger partial charge in [0.25, 0.3) is 0 Å². The van der Waals surface area contributed by atoms with Gasteiger partial charge in [-0.2, -0.15) is 15.5 Å². The van der Waals surface area contributed by atoms with Crippen molar-refractivity contribution in [2.24, 2.45) is 0 Å². The van der Waals surface area contributed by atoms with Crippen LogP contribution in [0.15, 0.2) is 54.7 Å². The summed E-state index contributed by atoms with van der Waals surface area (Å²) < 4.78 is 19.2. The van der Waals surface area contributed by atoms with Gasteiger partial charge in [-0.25, -0.2) is 9.37 Å². The molecular weight excluding hydrogens is 359 g/mol. The average molecular weight is 374 g/mol. The zero-order valence-electron chi connectivity index (χ0n) is 14.7. The van der Waals surface area contributed by atoms with E-state index in [9.17, 15) is 4.39 Å². The Bertz CT molecular complexity index is 1020. The highest BCUT2D eigenvalue weighted by Crippen LogP contribution is 2.22. The number of halogens is 1. The standard InChI is InChI=1S/C20H15FN6O/c21-18-13-24-20(26-16-3-1-14(2-4-16)9-10-22)27-19(18)25-15-5-7-17(8-6-15)28-12-11-23/h1-8,13H,9,12H2,(H2,24,25,26,27). The summed E-state index contributed by atoms with van der Waals surface area (Å²) in [5.74, 6) is 0.187. The zero-order chi connectivity index (χ0) is 19.8. The lowest BCUT2D eigenvalue weighted by Crippen LogP contribution is -2.03. The summed E-state index contributed by atoms with van der Waals surface area (Å²) >= 11 is 0. The van der Waals surface area contributed by atoms with Gasteiger partial charge in [0.15, 0.2) is 18.2 Å². The van der Waals surface area contributed by atoms with Crippen molar-refractivity contribution in [1.82, 2.24) is 9.97 Å². The molecule has 8 heteroatoms. The first-order valence-electron chi connectivity index (χ1n) is 8.30. The van der Waals surface area contributed by atoms with E-state index in [0.29, 0.717) is 17.9 Å². The normalized spacial score (nSPS) is 9.82. The number of nitrogens with one attached hydrogen (secondary N) is 2. The molecule has 0 fully saturated rings. The minimum absolute atomic E-state index is 0.0179. The molecule has 1 heterocycles. The van der Waals surface area contributed by atoms with Crippen molar-refractivity contribution in [3.8, 4) is 17.9 Å². The average Bonchev–Trinajstić information content (AvgIpc) is 2.72. The third-order valence-electron chi connectivity index (χ3n) is 3.66. The van der Waals surface area contributed by atoms with E-state index in [-0.39, 0.29) is 18.4 Å². The van der Waals surface area contributed by atoms with Gasteiger partial charge in [0, 0.05) is 11.4 Å². The van der Waals surface area contributed by atoms with Crippen LogP contribution >= 0.6 is 0 Å². The molecule has 0 radical (unpaired) electrons. The topological polar surface area (TPSA) is 107 Å². The largest absolute Gasteiger partial charge is 0.479 e. The van der Waals surface area contributed by atoms with Crippen molar-refractivity contribution in [1.29, 1.82) is 10.5 Å². The predicted molar refractivity (Wildman–Crippen MR) is 102 cm³/mol. The maximum absolute atomic E-state index is 14.1. The number of hydrogen-bond donors (Lipinski definition) is 2. The molecule has 0 unspecified atom stereocenters. The second-order valence-electron chi connectivity index (χ2n) is 5.64. The molecule has 7 nitrogen and oxygen atoms in total. The molecule has 2 N–H and O–H groups in total. The molecule has 0 bridgehead atoms. The second kappa shape index (κ2) is 8.97. The van der Waals surface area contributed by atoms with Crippen molar-refractivity contribution in [3.63, 3.8) is 0 Å². The van der Waals surface area contributed by atoms with E-state index in [2.05, 4.69) is 26.7 Å². The molecule has 28 heavy (non-hydrogen) atoms. The van der Waals surface area contributed by atoms with Crippen LogP contribution in [0.5, 0.6) is 5.75 Å². The predicted octanol–water partition coefficient (Wildman–Crippen LogP) is 4.07. The third kappa shape index (κ3) is 4.93. The van der Waals surface area contributed by atoms with Gasteiger partial charge in [-0.3, -0.25) is 0 Å². The number of benzene rings is 2. The molecule has 3 aromatic rings. The molecule has 0 aliphatic heterocycles. The fourth-order valence-corrected chi connectivity index (χ4v) is 2.33. The van der Waals surface area contributed by atoms with E-state index in [1.807, 2.05) is 18.2 Å². The third-order valence-corrected chi connectivity index (χ3v) is 3.66. The summed E-state index contributed by atoms with van der Waals surface area (Å²) in [6.45, 7) is -0.0418. The Morgan fingerprint density at radius 1 is 0.929 bits per heavy atom. The van der Waals surface area contributed by atoms with E-state index in [1.165, 1.54) is 0 Å². The molecule has 2 aromatic carbocycles. The van der Waals surface area contributed by atoms with Gasteiger partial charge in [0.2, 0.25) is 5.95 Å². The van der Waals surface area contributed by atoms with Crippen LogP contribution in [0.25, 0.3) is 0 Å². The van der Waals surface area contributed by atoms with Crippen LogP contribution in [0.3, 0.4) is 0 Å². The van der Waals surface area contributed by atoms with Crippen LogP contribution in [-0.4, -0.2) is 16.6 Å². The molecule has 0 saturated heterocycles. The first kappa shape index (κ1) is 18.6. The fraction of sp³-hybridized carbons (Fsp3) is 0.100. The van der Waals surface area contributed by atoms with Crippen LogP contribution < -0.4 is 15.4 Å². The lowest BCUT2D eigenvalue weighted by Gasteiger charge is -2.10. The van der Waals surface area contributed by atoms with Crippen LogP contribution in [0, 0.1) is 28.5 Å². The summed E-state index contributed by atoms with van der Waals surface area (Å²) in [5.41, 5.74) is 2.23. The van der Waals surface area contributed by atoms with E-state index >= 15 is 0 Å². The SMILES string of the molecule is N#CCOc1ccc(Nc2nc(Nc3ccc(CC#N)cc3)ncc2F)cc1. The number of nitriles is 2. The Morgan fingerprint density at radius 2 is 1.61 bits per heavy atom. The summed E-state index contributed by atoms with van der Waals surface area (Å²) in [4.78, 5) is 8.10. The maximum atomic E-state index is 14.1. The summed E-state index contributed by atoms with van der Waals surface area (Å²) in [6.07, 6.45) is 1.41. The number of ether oxygens (including phenoxy) is 1. The van der Waals surface area contributed by atoms with Crippen molar-refractivity contribution >= 4 is 23.1 Å². The fourth-order valence-electron chi connectivity index (χ4n) is 2.33. The Morgan fingerprint density at radius 3 is 2.29 bits per heavy atom. The van der Waals surface area contributed by atoms with Gasteiger partial charge < -0.3 is 15.4 Å². The number of anilines is 4. The van der Waals surface area contributed by atoms with Crippen LogP contribution in [0.4, 0.5) is 27.5 Å². The van der Waals surface area contributed by atoms with Crippen molar-refractivity contribution in [2.75, 3.05) is 17.2 Å². The maximum Gasteiger partial charge on any atom is 0.229 e. The number of hydrogen-bond acceptors (Lipinski definition) is 7. The van der Waals surface area contributed by atoms with Crippen LogP contribution in [0.1, 0.15) is 5.56 Å². The highest BCUT2D eigenvalue weighted by atomic mass is 19.1. The van der Waals surface area contributed by atoms with Crippen LogP contribution in [0.2, 0.25) is 0 Å². The molecule has 0 aliphatic carbocycles. The molecule has 0 atom stereocenters. The molecule has 0 amide bonds. The minimum Gasteiger partial charge on any atom is -0.479 e.